The number of nitrogens with one attached hydrogen (secondary N) is 1. The molecule has 0 fully saturated rings. The van der Waals surface area contributed by atoms with Gasteiger partial charge in [0.2, 0.25) is 5.91 Å². The first kappa shape index (κ1) is 14.2. The van der Waals surface area contributed by atoms with Crippen LogP contribution in [0, 0.1) is 3.77 Å². The number of aliphatic hydroxyl groups is 1. The maximum Gasteiger partial charge on any atom is 0.244 e. The number of rotatable bonds is 6. The van der Waals surface area contributed by atoms with Gasteiger partial charge in [0.05, 0.1) is 6.10 Å². The molecule has 0 aliphatic heterocycles. The minimum absolute atomic E-state index is 0.230. The van der Waals surface area contributed by atoms with Crippen LogP contribution in [0.5, 0.6) is 0 Å². The van der Waals surface area contributed by atoms with E-state index in [9.17, 15) is 9.90 Å². The highest BCUT2D eigenvalue weighted by Gasteiger charge is 2.03. The number of hydrogen-bond acceptors (Lipinski definition) is 3. The molecule has 1 atom stereocenters. The van der Waals surface area contributed by atoms with Gasteiger partial charge < -0.3 is 14.8 Å². The van der Waals surface area contributed by atoms with E-state index in [1.54, 1.807) is 12.1 Å². The molecular weight excluding hydrogens is 333 g/mol. The topological polar surface area (TPSA) is 62.5 Å². The minimum Gasteiger partial charge on any atom is -0.451 e. The van der Waals surface area contributed by atoms with Crippen LogP contribution in [0.4, 0.5) is 0 Å². The van der Waals surface area contributed by atoms with E-state index < -0.39 is 6.10 Å². The van der Waals surface area contributed by atoms with Crippen molar-refractivity contribution in [3.05, 3.63) is 27.7 Å². The molecule has 0 saturated heterocycles. The summed E-state index contributed by atoms with van der Waals surface area (Å²) in [6.07, 6.45) is 4.12. The molecule has 0 saturated carbocycles. The summed E-state index contributed by atoms with van der Waals surface area (Å²) in [5.74, 6) is 0.408. The summed E-state index contributed by atoms with van der Waals surface area (Å²) < 4.78 is 6.05. The lowest BCUT2D eigenvalue weighted by Crippen LogP contribution is -2.30. The predicted molar refractivity (Wildman–Crippen MR) is 74.4 cm³/mol. The summed E-state index contributed by atoms with van der Waals surface area (Å²) in [4.78, 5) is 11.4. The van der Waals surface area contributed by atoms with Gasteiger partial charge in [-0.2, -0.15) is 0 Å². The van der Waals surface area contributed by atoms with Crippen LogP contribution in [0.25, 0.3) is 6.08 Å². The van der Waals surface area contributed by atoms with Crippen LogP contribution in [0.15, 0.2) is 22.6 Å². The van der Waals surface area contributed by atoms with Gasteiger partial charge in [0, 0.05) is 12.6 Å². The van der Waals surface area contributed by atoms with Crippen molar-refractivity contribution in [2.45, 2.75) is 25.9 Å². The van der Waals surface area contributed by atoms with Gasteiger partial charge in [0.1, 0.15) is 5.76 Å². The molecule has 0 spiro atoms. The third kappa shape index (κ3) is 5.88. The standard InChI is InChI=1S/C12H16INO3/c1-2-3-9(15)8-14-12(16)7-5-10-4-6-11(13)17-10/h4-7,9,15H,2-3,8H2,1H3,(H,14,16)/b7-5+. The van der Waals surface area contributed by atoms with Gasteiger partial charge in [0.15, 0.2) is 3.77 Å². The van der Waals surface area contributed by atoms with Gasteiger partial charge in [-0.15, -0.1) is 0 Å². The van der Waals surface area contributed by atoms with Crippen molar-refractivity contribution in [2.75, 3.05) is 6.54 Å². The molecule has 94 valence electrons. The van der Waals surface area contributed by atoms with Crippen LogP contribution < -0.4 is 5.32 Å². The lowest BCUT2D eigenvalue weighted by molar-refractivity contribution is -0.116. The van der Waals surface area contributed by atoms with E-state index >= 15 is 0 Å². The third-order valence-corrected chi connectivity index (χ3v) is 2.71. The second-order valence-corrected chi connectivity index (χ2v) is 4.73. The number of hydrogen-bond donors (Lipinski definition) is 2. The van der Waals surface area contributed by atoms with Gasteiger partial charge in [-0.05, 0) is 47.2 Å². The average Bonchev–Trinajstić information content (AvgIpc) is 2.70. The van der Waals surface area contributed by atoms with E-state index in [0.717, 1.165) is 10.2 Å². The largest absolute Gasteiger partial charge is 0.451 e. The summed E-state index contributed by atoms with van der Waals surface area (Å²) in [6.45, 7) is 2.27. The summed E-state index contributed by atoms with van der Waals surface area (Å²) in [6, 6.07) is 3.61. The maximum absolute atomic E-state index is 11.4. The van der Waals surface area contributed by atoms with E-state index in [1.165, 1.54) is 6.08 Å². The Kier molecular flexibility index (Phi) is 6.28. The van der Waals surface area contributed by atoms with Crippen molar-refractivity contribution in [3.8, 4) is 0 Å². The van der Waals surface area contributed by atoms with Gasteiger partial charge in [-0.1, -0.05) is 13.3 Å². The van der Waals surface area contributed by atoms with E-state index in [-0.39, 0.29) is 12.5 Å². The normalized spacial score (nSPS) is 12.9. The van der Waals surface area contributed by atoms with Crippen LogP contribution in [0.1, 0.15) is 25.5 Å². The molecule has 0 radical (unpaired) electrons. The quantitative estimate of drug-likeness (QED) is 0.611. The van der Waals surface area contributed by atoms with Crippen LogP contribution in [-0.2, 0) is 4.79 Å². The summed E-state index contributed by atoms with van der Waals surface area (Å²) in [7, 11) is 0. The van der Waals surface area contributed by atoms with E-state index in [2.05, 4.69) is 27.9 Å². The van der Waals surface area contributed by atoms with E-state index in [1.807, 2.05) is 13.0 Å². The van der Waals surface area contributed by atoms with E-state index in [4.69, 9.17) is 4.42 Å². The second-order valence-electron chi connectivity index (χ2n) is 3.66. The van der Waals surface area contributed by atoms with Gasteiger partial charge in [-0.3, -0.25) is 4.79 Å². The Morgan fingerprint density at radius 1 is 1.65 bits per heavy atom. The molecule has 0 aliphatic rings. The molecule has 17 heavy (non-hydrogen) atoms. The van der Waals surface area contributed by atoms with Crippen molar-refractivity contribution in [2.24, 2.45) is 0 Å². The summed E-state index contributed by atoms with van der Waals surface area (Å²) >= 11 is 2.06. The fourth-order valence-corrected chi connectivity index (χ4v) is 1.72. The first-order valence-corrected chi connectivity index (χ1v) is 6.59. The monoisotopic (exact) mass is 349 g/mol. The lowest BCUT2D eigenvalue weighted by Gasteiger charge is -2.08. The van der Waals surface area contributed by atoms with Gasteiger partial charge in [0.25, 0.3) is 0 Å². The van der Waals surface area contributed by atoms with Crippen LogP contribution in [0.3, 0.4) is 0 Å². The molecule has 1 aromatic rings. The zero-order chi connectivity index (χ0) is 12.7. The average molecular weight is 349 g/mol. The number of aliphatic hydroxyl groups excluding tert-OH is 1. The Morgan fingerprint density at radius 3 is 3.00 bits per heavy atom. The molecule has 1 unspecified atom stereocenters. The molecule has 2 N–H and O–H groups in total. The number of amides is 1. The van der Waals surface area contributed by atoms with Crippen molar-refractivity contribution in [1.29, 1.82) is 0 Å². The van der Waals surface area contributed by atoms with Crippen molar-refractivity contribution >= 4 is 34.6 Å². The fourth-order valence-electron chi connectivity index (χ4n) is 1.29. The predicted octanol–water partition coefficient (Wildman–Crippen LogP) is 2.17. The molecule has 0 aromatic carbocycles. The summed E-state index contributed by atoms with van der Waals surface area (Å²) in [5.41, 5.74) is 0. The smallest absolute Gasteiger partial charge is 0.244 e. The minimum atomic E-state index is -0.470. The Hall–Kier alpha value is -0.820. The molecule has 1 heterocycles. The van der Waals surface area contributed by atoms with Crippen molar-refractivity contribution in [1.82, 2.24) is 5.32 Å². The van der Waals surface area contributed by atoms with Crippen LogP contribution in [0.2, 0.25) is 0 Å². The van der Waals surface area contributed by atoms with Gasteiger partial charge in [-0.25, -0.2) is 0 Å². The second kappa shape index (κ2) is 7.50. The molecule has 1 aromatic heterocycles. The molecule has 5 heteroatoms. The highest BCUT2D eigenvalue weighted by atomic mass is 127. The number of furan rings is 1. The SMILES string of the molecule is CCCC(O)CNC(=O)/C=C/c1ccc(I)o1. The van der Waals surface area contributed by atoms with Crippen molar-refractivity contribution in [3.63, 3.8) is 0 Å². The Bertz CT molecular complexity index is 387. The molecule has 0 bridgehead atoms. The first-order valence-electron chi connectivity index (χ1n) is 5.51. The van der Waals surface area contributed by atoms with Crippen LogP contribution >= 0.6 is 22.6 Å². The Labute approximate surface area is 114 Å². The number of carbonyl (C=O) groups excluding carboxylic acids is 1. The van der Waals surface area contributed by atoms with Crippen LogP contribution in [-0.4, -0.2) is 23.7 Å². The Morgan fingerprint density at radius 2 is 2.41 bits per heavy atom. The zero-order valence-corrected chi connectivity index (χ0v) is 11.8. The molecule has 4 nitrogen and oxygen atoms in total. The lowest BCUT2D eigenvalue weighted by atomic mass is 10.2. The number of halogens is 1. The molecule has 1 amide bonds. The molecule has 1 rings (SSSR count). The molecular formula is C12H16INO3. The third-order valence-electron chi connectivity index (χ3n) is 2.13. The van der Waals surface area contributed by atoms with E-state index in [0.29, 0.717) is 12.2 Å². The zero-order valence-electron chi connectivity index (χ0n) is 9.65. The highest BCUT2D eigenvalue weighted by Crippen LogP contribution is 2.11. The maximum atomic E-state index is 11.4. The summed E-state index contributed by atoms with van der Waals surface area (Å²) in [5, 5.41) is 12.1. The Balaban J connectivity index is 2.32. The fraction of sp³-hybridized carbons (Fsp3) is 0.417. The highest BCUT2D eigenvalue weighted by molar-refractivity contribution is 14.1. The molecule has 0 aliphatic carbocycles. The van der Waals surface area contributed by atoms with Crippen molar-refractivity contribution < 1.29 is 14.3 Å². The first-order chi connectivity index (χ1) is 8.11. The number of carbonyl (C=O) groups is 1. The van der Waals surface area contributed by atoms with Gasteiger partial charge >= 0.3 is 0 Å².